The summed E-state index contributed by atoms with van der Waals surface area (Å²) in [6.07, 6.45) is 5.54. The fourth-order valence-electron chi connectivity index (χ4n) is 2.73. The number of nitrogens with zero attached hydrogens (tertiary/aromatic N) is 2. The first-order chi connectivity index (χ1) is 10.6. The monoisotopic (exact) mass is 297 g/mol. The number of rotatable bonds is 6. The van der Waals surface area contributed by atoms with E-state index < -0.39 is 0 Å². The Morgan fingerprint density at radius 1 is 1.32 bits per heavy atom. The molecule has 116 valence electrons. The topological polar surface area (TPSA) is 46.9 Å². The van der Waals surface area contributed by atoms with Crippen molar-refractivity contribution in [3.05, 3.63) is 47.7 Å². The molecule has 0 radical (unpaired) electrons. The normalized spacial score (nSPS) is 15.5. The van der Waals surface area contributed by atoms with Gasteiger partial charge in [-0.2, -0.15) is 5.10 Å². The summed E-state index contributed by atoms with van der Waals surface area (Å²) < 4.78 is 1.95. The molecule has 22 heavy (non-hydrogen) atoms. The zero-order valence-corrected chi connectivity index (χ0v) is 13.2. The molecule has 1 aromatic heterocycles. The Morgan fingerprint density at radius 2 is 2.05 bits per heavy atom. The first-order valence-electron chi connectivity index (χ1n) is 8.02. The summed E-state index contributed by atoms with van der Waals surface area (Å²) in [7, 11) is 0. The molecule has 0 bridgehead atoms. The van der Waals surface area contributed by atoms with Crippen LogP contribution in [0.15, 0.2) is 36.5 Å². The third kappa shape index (κ3) is 3.56. The van der Waals surface area contributed by atoms with Gasteiger partial charge in [0.05, 0.1) is 12.2 Å². The molecule has 1 unspecified atom stereocenters. The lowest BCUT2D eigenvalue weighted by molar-refractivity contribution is -0.116. The van der Waals surface area contributed by atoms with Gasteiger partial charge in [-0.15, -0.1) is 0 Å². The molecule has 1 heterocycles. The Kier molecular flexibility index (Phi) is 4.27. The van der Waals surface area contributed by atoms with Crippen molar-refractivity contribution in [2.24, 2.45) is 5.92 Å². The van der Waals surface area contributed by atoms with Crippen LogP contribution in [-0.4, -0.2) is 15.7 Å². The molecule has 4 heteroatoms. The lowest BCUT2D eigenvalue weighted by atomic mass is 10.1. The maximum Gasteiger partial charge on any atom is 0.225 e. The lowest BCUT2D eigenvalue weighted by Gasteiger charge is -2.15. The van der Waals surface area contributed by atoms with Crippen LogP contribution in [0, 0.1) is 12.8 Å². The molecule has 4 nitrogen and oxygen atoms in total. The van der Waals surface area contributed by atoms with Gasteiger partial charge in [0.25, 0.3) is 0 Å². The predicted octanol–water partition coefficient (Wildman–Crippen LogP) is 3.73. The number of hydrogen-bond acceptors (Lipinski definition) is 2. The van der Waals surface area contributed by atoms with Gasteiger partial charge in [-0.3, -0.25) is 4.79 Å². The lowest BCUT2D eigenvalue weighted by Crippen LogP contribution is -2.18. The van der Waals surface area contributed by atoms with Gasteiger partial charge in [0, 0.05) is 12.5 Å². The van der Waals surface area contributed by atoms with Crippen LogP contribution in [-0.2, 0) is 11.2 Å². The van der Waals surface area contributed by atoms with Crippen LogP contribution >= 0.6 is 0 Å². The Bertz CT molecular complexity index is 641. The fourth-order valence-corrected chi connectivity index (χ4v) is 2.73. The van der Waals surface area contributed by atoms with E-state index in [4.69, 9.17) is 0 Å². The average molecular weight is 297 g/mol. The van der Waals surface area contributed by atoms with Crippen LogP contribution < -0.4 is 5.32 Å². The Morgan fingerprint density at radius 3 is 2.73 bits per heavy atom. The van der Waals surface area contributed by atoms with Crippen LogP contribution in [0.5, 0.6) is 0 Å². The number of anilines is 1. The van der Waals surface area contributed by atoms with E-state index in [1.807, 2.05) is 10.7 Å². The summed E-state index contributed by atoms with van der Waals surface area (Å²) in [6, 6.07) is 10.6. The van der Waals surface area contributed by atoms with Gasteiger partial charge in [0.2, 0.25) is 5.91 Å². The zero-order chi connectivity index (χ0) is 15.5. The summed E-state index contributed by atoms with van der Waals surface area (Å²) in [4.78, 5) is 12.2. The van der Waals surface area contributed by atoms with Crippen molar-refractivity contribution in [1.82, 2.24) is 9.78 Å². The number of carbonyl (C=O) groups is 1. The van der Waals surface area contributed by atoms with Gasteiger partial charge in [0.15, 0.2) is 0 Å². The molecule has 1 aromatic carbocycles. The second-order valence-corrected chi connectivity index (χ2v) is 6.27. The van der Waals surface area contributed by atoms with Crippen molar-refractivity contribution >= 4 is 11.7 Å². The highest BCUT2D eigenvalue weighted by molar-refractivity contribution is 5.89. The molecule has 1 saturated carbocycles. The molecule has 1 atom stereocenters. The third-order valence-electron chi connectivity index (χ3n) is 4.39. The minimum Gasteiger partial charge on any atom is -0.311 e. The van der Waals surface area contributed by atoms with Crippen molar-refractivity contribution in [3.8, 4) is 0 Å². The largest absolute Gasteiger partial charge is 0.311 e. The third-order valence-corrected chi connectivity index (χ3v) is 4.39. The highest BCUT2D eigenvalue weighted by Gasteiger charge is 2.30. The number of benzene rings is 1. The number of aryl methyl sites for hydroxylation is 2. The molecule has 0 spiro atoms. The highest BCUT2D eigenvalue weighted by atomic mass is 16.1. The number of aromatic nitrogens is 2. The standard InChI is InChI=1S/C18H23N3O/c1-13-3-5-15(6-4-13)7-10-18(22)20-17-11-12-19-21(17)14(2)16-8-9-16/h3-6,11-12,14,16H,7-10H2,1-2H3,(H,20,22). The first-order valence-corrected chi connectivity index (χ1v) is 8.02. The average Bonchev–Trinajstić information content (AvgIpc) is 3.26. The molecular formula is C18H23N3O. The van der Waals surface area contributed by atoms with E-state index in [0.29, 0.717) is 18.4 Å². The number of carbonyl (C=O) groups excluding carboxylic acids is 1. The van der Waals surface area contributed by atoms with Gasteiger partial charge >= 0.3 is 0 Å². The molecule has 3 rings (SSSR count). The van der Waals surface area contributed by atoms with Crippen molar-refractivity contribution in [2.75, 3.05) is 5.32 Å². The summed E-state index contributed by atoms with van der Waals surface area (Å²) >= 11 is 0. The van der Waals surface area contributed by atoms with Gasteiger partial charge < -0.3 is 5.32 Å². The smallest absolute Gasteiger partial charge is 0.225 e. The van der Waals surface area contributed by atoms with E-state index in [9.17, 15) is 4.79 Å². The molecule has 2 aromatic rings. The molecule has 1 aliphatic carbocycles. The SMILES string of the molecule is Cc1ccc(CCC(=O)Nc2ccnn2C(C)C2CC2)cc1. The van der Waals surface area contributed by atoms with Crippen LogP contribution in [0.25, 0.3) is 0 Å². The number of amides is 1. The Hall–Kier alpha value is -2.10. The number of hydrogen-bond donors (Lipinski definition) is 1. The molecule has 0 aliphatic heterocycles. The minimum atomic E-state index is 0.0466. The molecule has 1 amide bonds. The maximum absolute atomic E-state index is 12.2. The van der Waals surface area contributed by atoms with Crippen molar-refractivity contribution < 1.29 is 4.79 Å². The van der Waals surface area contributed by atoms with Crippen LogP contribution in [0.4, 0.5) is 5.82 Å². The summed E-state index contributed by atoms with van der Waals surface area (Å²) in [6.45, 7) is 4.24. The van der Waals surface area contributed by atoms with Crippen LogP contribution in [0.1, 0.15) is 43.4 Å². The summed E-state index contributed by atoms with van der Waals surface area (Å²) in [5.41, 5.74) is 2.44. The van der Waals surface area contributed by atoms with Crippen molar-refractivity contribution in [1.29, 1.82) is 0 Å². The van der Waals surface area contributed by atoms with Gasteiger partial charge in [-0.1, -0.05) is 29.8 Å². The summed E-state index contributed by atoms with van der Waals surface area (Å²) in [5, 5.41) is 7.36. The van der Waals surface area contributed by atoms with E-state index >= 15 is 0 Å². The molecule has 0 saturated heterocycles. The summed E-state index contributed by atoms with van der Waals surface area (Å²) in [5.74, 6) is 1.57. The molecular weight excluding hydrogens is 274 g/mol. The highest BCUT2D eigenvalue weighted by Crippen LogP contribution is 2.40. The second-order valence-electron chi connectivity index (χ2n) is 6.27. The van der Waals surface area contributed by atoms with E-state index in [-0.39, 0.29) is 5.91 Å². The first kappa shape index (κ1) is 14.8. The van der Waals surface area contributed by atoms with Crippen LogP contribution in [0.2, 0.25) is 0 Å². The molecule has 1 fully saturated rings. The van der Waals surface area contributed by atoms with Crippen molar-refractivity contribution in [3.63, 3.8) is 0 Å². The fraction of sp³-hybridized carbons (Fsp3) is 0.444. The Labute approximate surface area is 131 Å². The van der Waals surface area contributed by atoms with E-state index in [1.54, 1.807) is 6.20 Å². The van der Waals surface area contributed by atoms with E-state index in [1.165, 1.54) is 24.0 Å². The van der Waals surface area contributed by atoms with Crippen molar-refractivity contribution in [2.45, 2.75) is 45.6 Å². The van der Waals surface area contributed by atoms with E-state index in [2.05, 4.69) is 48.5 Å². The second kappa shape index (κ2) is 6.34. The van der Waals surface area contributed by atoms with Crippen LogP contribution in [0.3, 0.4) is 0 Å². The van der Waals surface area contributed by atoms with Gasteiger partial charge in [-0.05, 0) is 44.6 Å². The number of nitrogens with one attached hydrogen (secondary N) is 1. The Balaban J connectivity index is 1.55. The van der Waals surface area contributed by atoms with Gasteiger partial charge in [-0.25, -0.2) is 4.68 Å². The van der Waals surface area contributed by atoms with E-state index in [0.717, 1.165) is 12.2 Å². The van der Waals surface area contributed by atoms with Gasteiger partial charge in [0.1, 0.15) is 5.82 Å². The molecule has 1 aliphatic rings. The maximum atomic E-state index is 12.2. The molecule has 1 N–H and O–H groups in total. The zero-order valence-electron chi connectivity index (χ0n) is 13.2. The quantitative estimate of drug-likeness (QED) is 0.883. The predicted molar refractivity (Wildman–Crippen MR) is 87.8 cm³/mol. The minimum absolute atomic E-state index is 0.0466.